The molecular formula is C13H15ClN4O2S. The monoisotopic (exact) mass is 326 g/mol. The fraction of sp³-hybridized carbons (Fsp3) is 0.308. The molecule has 0 bridgehead atoms. The second-order valence-electron chi connectivity index (χ2n) is 4.30. The lowest BCUT2D eigenvalue weighted by molar-refractivity contribution is -0.117. The number of hydrogen-bond donors (Lipinski definition) is 3. The van der Waals surface area contributed by atoms with Crippen LogP contribution < -0.4 is 10.6 Å². The Morgan fingerprint density at radius 3 is 3.00 bits per heavy atom. The maximum absolute atomic E-state index is 11.6. The third-order valence-corrected chi connectivity index (χ3v) is 3.66. The minimum atomic E-state index is -0.473. The van der Waals surface area contributed by atoms with Gasteiger partial charge in [-0.25, -0.2) is 9.78 Å². The summed E-state index contributed by atoms with van der Waals surface area (Å²) in [7, 11) is 0. The number of imidazole rings is 1. The van der Waals surface area contributed by atoms with Crippen LogP contribution in [0.5, 0.6) is 0 Å². The number of carbonyl (C=O) groups is 2. The second kappa shape index (κ2) is 7.33. The summed E-state index contributed by atoms with van der Waals surface area (Å²) in [5.74, 6) is -0.264. The predicted molar refractivity (Wildman–Crippen MR) is 83.7 cm³/mol. The third kappa shape index (κ3) is 4.64. The zero-order valence-corrected chi connectivity index (χ0v) is 13.0. The zero-order chi connectivity index (χ0) is 15.2. The Morgan fingerprint density at radius 2 is 2.24 bits per heavy atom. The van der Waals surface area contributed by atoms with Crippen molar-refractivity contribution < 1.29 is 9.59 Å². The van der Waals surface area contributed by atoms with Gasteiger partial charge >= 0.3 is 6.03 Å². The number of benzene rings is 1. The van der Waals surface area contributed by atoms with Gasteiger partial charge in [-0.2, -0.15) is 0 Å². The van der Waals surface area contributed by atoms with Crippen LogP contribution in [-0.2, 0) is 4.79 Å². The molecule has 0 aliphatic rings. The molecule has 0 aliphatic carbocycles. The fourth-order valence-corrected chi connectivity index (χ4v) is 2.46. The number of thioether (sulfide) groups is 1. The Hall–Kier alpha value is -1.73. The summed E-state index contributed by atoms with van der Waals surface area (Å²) in [6.07, 6.45) is 0.817. The topological polar surface area (TPSA) is 86.9 Å². The molecule has 1 aromatic carbocycles. The van der Waals surface area contributed by atoms with Gasteiger partial charge in [0.15, 0.2) is 5.16 Å². The van der Waals surface area contributed by atoms with Gasteiger partial charge in [0.05, 0.1) is 16.8 Å². The number of carbonyl (C=O) groups excluding carboxylic acids is 2. The van der Waals surface area contributed by atoms with Crippen molar-refractivity contribution in [2.45, 2.75) is 18.5 Å². The molecule has 112 valence electrons. The molecule has 0 spiro atoms. The maximum atomic E-state index is 11.6. The summed E-state index contributed by atoms with van der Waals surface area (Å²) in [5.41, 5.74) is 1.59. The van der Waals surface area contributed by atoms with Crippen molar-refractivity contribution in [2.24, 2.45) is 0 Å². The molecule has 0 saturated heterocycles. The lowest BCUT2D eigenvalue weighted by Crippen LogP contribution is -2.40. The number of aromatic amines is 1. The van der Waals surface area contributed by atoms with Crippen molar-refractivity contribution in [3.8, 4) is 0 Å². The van der Waals surface area contributed by atoms with Gasteiger partial charge < -0.3 is 10.3 Å². The second-order valence-corrected chi connectivity index (χ2v) is 5.70. The third-order valence-electron chi connectivity index (χ3n) is 2.55. The van der Waals surface area contributed by atoms with E-state index in [0.717, 1.165) is 17.5 Å². The number of nitrogens with one attached hydrogen (secondary N) is 3. The molecule has 3 N–H and O–H groups in total. The van der Waals surface area contributed by atoms with E-state index in [0.29, 0.717) is 16.7 Å². The Kier molecular flexibility index (Phi) is 5.46. The molecule has 8 heteroatoms. The van der Waals surface area contributed by atoms with Gasteiger partial charge in [0.25, 0.3) is 0 Å². The molecule has 0 fully saturated rings. The Labute approximate surface area is 131 Å². The van der Waals surface area contributed by atoms with Gasteiger partial charge in [-0.1, -0.05) is 30.3 Å². The Bertz CT molecular complexity index is 659. The van der Waals surface area contributed by atoms with E-state index in [1.807, 2.05) is 6.92 Å². The molecule has 0 saturated carbocycles. The number of rotatable bonds is 5. The van der Waals surface area contributed by atoms with E-state index in [1.165, 1.54) is 11.8 Å². The van der Waals surface area contributed by atoms with E-state index in [-0.39, 0.29) is 11.7 Å². The lowest BCUT2D eigenvalue weighted by atomic mass is 10.3. The quantitative estimate of drug-likeness (QED) is 0.737. The van der Waals surface area contributed by atoms with Crippen LogP contribution in [0.4, 0.5) is 4.79 Å². The average molecular weight is 327 g/mol. The maximum Gasteiger partial charge on any atom is 0.321 e. The number of urea groups is 1. The highest BCUT2D eigenvalue weighted by molar-refractivity contribution is 7.99. The van der Waals surface area contributed by atoms with Gasteiger partial charge in [0, 0.05) is 11.6 Å². The average Bonchev–Trinajstić information content (AvgIpc) is 2.85. The van der Waals surface area contributed by atoms with E-state index in [1.54, 1.807) is 18.2 Å². The molecule has 0 radical (unpaired) electrons. The SMILES string of the molecule is CCCNC(=O)NC(=O)CSc1nc2ccc(Cl)cc2[nH]1. The highest BCUT2D eigenvalue weighted by Gasteiger charge is 2.10. The normalized spacial score (nSPS) is 10.6. The minimum Gasteiger partial charge on any atom is -0.338 e. The van der Waals surface area contributed by atoms with E-state index >= 15 is 0 Å². The number of fused-ring (bicyclic) bond motifs is 1. The van der Waals surface area contributed by atoms with Gasteiger partial charge in [-0.15, -0.1) is 0 Å². The van der Waals surface area contributed by atoms with E-state index in [2.05, 4.69) is 20.6 Å². The zero-order valence-electron chi connectivity index (χ0n) is 11.4. The number of halogens is 1. The number of amides is 3. The smallest absolute Gasteiger partial charge is 0.321 e. The van der Waals surface area contributed by atoms with Crippen molar-refractivity contribution in [1.29, 1.82) is 0 Å². The fourth-order valence-electron chi connectivity index (χ4n) is 1.61. The molecule has 0 atom stereocenters. The number of imide groups is 1. The van der Waals surface area contributed by atoms with Gasteiger partial charge in [-0.3, -0.25) is 10.1 Å². The minimum absolute atomic E-state index is 0.104. The highest BCUT2D eigenvalue weighted by atomic mass is 35.5. The van der Waals surface area contributed by atoms with Crippen molar-refractivity contribution in [3.63, 3.8) is 0 Å². The van der Waals surface area contributed by atoms with Gasteiger partial charge in [0.1, 0.15) is 0 Å². The summed E-state index contributed by atoms with van der Waals surface area (Å²) in [5, 5.41) is 6.05. The van der Waals surface area contributed by atoms with Crippen LogP contribution in [0.2, 0.25) is 5.02 Å². The van der Waals surface area contributed by atoms with Crippen LogP contribution in [0, 0.1) is 0 Å². The van der Waals surface area contributed by atoms with Gasteiger partial charge in [0.2, 0.25) is 5.91 Å². The van der Waals surface area contributed by atoms with Crippen molar-refractivity contribution in [2.75, 3.05) is 12.3 Å². The molecule has 21 heavy (non-hydrogen) atoms. The predicted octanol–water partition coefficient (Wildman–Crippen LogP) is 2.54. The number of H-pyrrole nitrogens is 1. The van der Waals surface area contributed by atoms with Crippen LogP contribution >= 0.6 is 23.4 Å². The largest absolute Gasteiger partial charge is 0.338 e. The van der Waals surface area contributed by atoms with E-state index in [4.69, 9.17) is 11.6 Å². The first-order valence-electron chi connectivity index (χ1n) is 6.44. The summed E-state index contributed by atoms with van der Waals surface area (Å²) in [6, 6.07) is 4.85. The van der Waals surface area contributed by atoms with Crippen LogP contribution in [-0.4, -0.2) is 34.2 Å². The van der Waals surface area contributed by atoms with E-state index < -0.39 is 6.03 Å². The van der Waals surface area contributed by atoms with E-state index in [9.17, 15) is 9.59 Å². The summed E-state index contributed by atoms with van der Waals surface area (Å²) in [4.78, 5) is 30.3. The highest BCUT2D eigenvalue weighted by Crippen LogP contribution is 2.21. The van der Waals surface area contributed by atoms with Crippen LogP contribution in [0.25, 0.3) is 11.0 Å². The first-order chi connectivity index (χ1) is 10.1. The first kappa shape index (κ1) is 15.7. The van der Waals surface area contributed by atoms with Crippen LogP contribution in [0.1, 0.15) is 13.3 Å². The van der Waals surface area contributed by atoms with Crippen molar-refractivity contribution in [1.82, 2.24) is 20.6 Å². The molecule has 0 aliphatic heterocycles. The lowest BCUT2D eigenvalue weighted by Gasteiger charge is -2.04. The Morgan fingerprint density at radius 1 is 1.43 bits per heavy atom. The molecule has 1 heterocycles. The summed E-state index contributed by atoms with van der Waals surface area (Å²) < 4.78 is 0. The van der Waals surface area contributed by atoms with Gasteiger partial charge in [-0.05, 0) is 24.6 Å². The molecule has 2 rings (SSSR count). The summed E-state index contributed by atoms with van der Waals surface area (Å²) >= 11 is 7.12. The number of nitrogens with zero attached hydrogens (tertiary/aromatic N) is 1. The molecule has 2 aromatic rings. The molecule has 1 aromatic heterocycles. The molecule has 0 unspecified atom stereocenters. The number of aromatic nitrogens is 2. The van der Waals surface area contributed by atoms with Crippen LogP contribution in [0.3, 0.4) is 0 Å². The van der Waals surface area contributed by atoms with Crippen LogP contribution in [0.15, 0.2) is 23.4 Å². The molecular weight excluding hydrogens is 312 g/mol. The van der Waals surface area contributed by atoms with Crippen molar-refractivity contribution >= 4 is 46.3 Å². The summed E-state index contributed by atoms with van der Waals surface area (Å²) in [6.45, 7) is 2.47. The number of hydrogen-bond acceptors (Lipinski definition) is 4. The molecule has 3 amide bonds. The van der Waals surface area contributed by atoms with Crippen molar-refractivity contribution in [3.05, 3.63) is 23.2 Å². The standard InChI is InChI=1S/C13H15ClN4O2S/c1-2-5-15-12(20)18-11(19)7-21-13-16-9-4-3-8(14)6-10(9)17-13/h3-4,6H,2,5,7H2,1H3,(H,16,17)(H2,15,18,19,20). The molecule has 6 nitrogen and oxygen atoms in total. The first-order valence-corrected chi connectivity index (χ1v) is 7.80. The Balaban J connectivity index is 1.86.